The van der Waals surface area contributed by atoms with Gasteiger partial charge in [0.1, 0.15) is 5.60 Å². The van der Waals surface area contributed by atoms with Gasteiger partial charge in [-0.2, -0.15) is 0 Å². The predicted molar refractivity (Wildman–Crippen MR) is 79.7 cm³/mol. The van der Waals surface area contributed by atoms with E-state index < -0.39 is 11.7 Å². The molecule has 0 bridgehead atoms. The largest absolute Gasteiger partial charge is 0.444 e. The van der Waals surface area contributed by atoms with Gasteiger partial charge in [0.2, 0.25) is 0 Å². The smallest absolute Gasteiger partial charge is 0.412 e. The highest BCUT2D eigenvalue weighted by Crippen LogP contribution is 2.20. The number of nitrogens with zero attached hydrogens (tertiary/aromatic N) is 3. The fraction of sp³-hybridized carbons (Fsp3) is 0.462. The molecule has 6 nitrogen and oxygen atoms in total. The number of nitrogens with one attached hydrogen (secondary N) is 1. The third kappa shape index (κ3) is 6.69. The lowest BCUT2D eigenvalue weighted by molar-refractivity contribution is 0.0636. The molecule has 0 aliphatic heterocycles. The maximum atomic E-state index is 11.6. The Morgan fingerprint density at radius 3 is 3.00 bits per heavy atom. The molecule has 0 radical (unpaired) electrons. The average molecular weight is 292 g/mol. The number of thiophene rings is 1. The van der Waals surface area contributed by atoms with E-state index in [1.807, 2.05) is 26.2 Å². The van der Waals surface area contributed by atoms with E-state index >= 15 is 0 Å². The molecule has 0 saturated carbocycles. The van der Waals surface area contributed by atoms with Gasteiger partial charge in [0.15, 0.2) is 0 Å². The van der Waals surface area contributed by atoms with Gasteiger partial charge in [0, 0.05) is 28.8 Å². The third-order valence-electron chi connectivity index (χ3n) is 1.86. The van der Waals surface area contributed by atoms with Crippen LogP contribution >= 0.6 is 11.3 Å². The van der Waals surface area contributed by atoms with Gasteiger partial charge < -0.3 is 4.74 Å². The van der Waals surface area contributed by atoms with Crippen LogP contribution < -0.4 is 5.32 Å². The van der Waals surface area contributed by atoms with Crippen LogP contribution in [-0.2, 0) is 4.74 Å². The molecular weight excluding hydrogens is 276 g/mol. The van der Waals surface area contributed by atoms with Crippen LogP contribution in [-0.4, -0.2) is 18.2 Å². The first-order valence-corrected chi connectivity index (χ1v) is 6.87. The summed E-state index contributed by atoms with van der Waals surface area (Å²) in [6.07, 6.45) is 0.0246. The van der Waals surface area contributed by atoms with E-state index in [0.29, 0.717) is 18.0 Å². The first-order chi connectivity index (χ1) is 9.40. The summed E-state index contributed by atoms with van der Waals surface area (Å²) in [6.45, 7) is 5.78. The topological polar surface area (TPSA) is 87.1 Å². The zero-order valence-electron chi connectivity index (χ0n) is 11.6. The number of hydrogen-bond acceptors (Lipinski definition) is 4. The molecule has 7 heteroatoms. The van der Waals surface area contributed by atoms with Crippen LogP contribution in [0.25, 0.3) is 10.4 Å². The molecule has 0 spiro atoms. The summed E-state index contributed by atoms with van der Waals surface area (Å²) in [6, 6.07) is 1.77. The van der Waals surface area contributed by atoms with Crippen LogP contribution in [0.2, 0.25) is 0 Å². The Kier molecular flexibility index (Phi) is 5.91. The minimum absolute atomic E-state index is 0.358. The maximum absolute atomic E-state index is 11.6. The van der Waals surface area contributed by atoms with Crippen molar-refractivity contribution in [1.82, 2.24) is 0 Å². The lowest BCUT2D eigenvalue weighted by atomic mass is 10.2. The van der Waals surface area contributed by atoms with Crippen molar-refractivity contribution in [3.63, 3.8) is 0 Å². The van der Waals surface area contributed by atoms with Crippen molar-refractivity contribution in [2.24, 2.45) is 5.11 Å². The summed E-state index contributed by atoms with van der Waals surface area (Å²) in [5, 5.41) is 8.56. The second kappa shape index (κ2) is 7.43. The molecule has 1 rings (SSSR count). The summed E-state index contributed by atoms with van der Waals surface area (Å²) in [5.74, 6) is 5.82. The number of ether oxygens (including phenoxy) is 1. The van der Waals surface area contributed by atoms with E-state index in [4.69, 9.17) is 10.3 Å². The van der Waals surface area contributed by atoms with Gasteiger partial charge in [-0.15, -0.1) is 11.3 Å². The van der Waals surface area contributed by atoms with Gasteiger partial charge in [-0.1, -0.05) is 17.0 Å². The molecule has 1 aromatic heterocycles. The molecule has 106 valence electrons. The van der Waals surface area contributed by atoms with Crippen LogP contribution in [0.3, 0.4) is 0 Å². The molecule has 1 aromatic rings. The molecule has 1 amide bonds. The lowest BCUT2D eigenvalue weighted by Gasteiger charge is -2.19. The van der Waals surface area contributed by atoms with Gasteiger partial charge >= 0.3 is 6.09 Å². The summed E-state index contributed by atoms with van der Waals surface area (Å²) in [5.41, 5.74) is 8.39. The van der Waals surface area contributed by atoms with E-state index in [9.17, 15) is 4.79 Å². The van der Waals surface area contributed by atoms with Crippen molar-refractivity contribution in [1.29, 1.82) is 0 Å². The van der Waals surface area contributed by atoms with Gasteiger partial charge in [0.05, 0.1) is 5.00 Å². The van der Waals surface area contributed by atoms with E-state index in [2.05, 4.69) is 27.2 Å². The molecule has 0 saturated heterocycles. The Labute approximate surface area is 121 Å². The fourth-order valence-electron chi connectivity index (χ4n) is 1.19. The van der Waals surface area contributed by atoms with Gasteiger partial charge in [-0.05, 0) is 32.4 Å². The highest BCUT2D eigenvalue weighted by atomic mass is 32.1. The minimum atomic E-state index is -0.523. The van der Waals surface area contributed by atoms with E-state index in [0.717, 1.165) is 5.56 Å². The number of carbonyl (C=O) groups is 1. The Bertz CT molecular complexity index is 571. The van der Waals surface area contributed by atoms with Gasteiger partial charge in [-0.3, -0.25) is 5.32 Å². The molecule has 20 heavy (non-hydrogen) atoms. The van der Waals surface area contributed by atoms with Crippen molar-refractivity contribution in [2.45, 2.75) is 32.8 Å². The first-order valence-electron chi connectivity index (χ1n) is 5.99. The monoisotopic (exact) mass is 292 g/mol. The minimum Gasteiger partial charge on any atom is -0.444 e. The quantitative estimate of drug-likeness (QED) is 0.298. The van der Waals surface area contributed by atoms with Gasteiger partial charge in [0.25, 0.3) is 0 Å². The van der Waals surface area contributed by atoms with Crippen molar-refractivity contribution < 1.29 is 9.53 Å². The summed E-state index contributed by atoms with van der Waals surface area (Å²) < 4.78 is 5.15. The molecule has 1 N–H and O–H groups in total. The molecule has 0 aliphatic carbocycles. The Morgan fingerprint density at radius 1 is 1.60 bits per heavy atom. The SMILES string of the molecule is CC(C)(C)OC(=O)Nc1cc(C#CCCN=[N+]=[N-])cs1. The zero-order valence-corrected chi connectivity index (χ0v) is 12.5. The standard InChI is InChI=1S/C13H16N4O2S/c1-13(2,3)19-12(18)16-11-8-10(9-20-11)6-4-5-7-15-17-14/h8-9H,5,7H2,1-3H3,(H,16,18). The molecule has 0 atom stereocenters. The molecule has 1 heterocycles. The number of azide groups is 1. The second-order valence-electron chi connectivity index (χ2n) is 4.83. The Morgan fingerprint density at radius 2 is 2.35 bits per heavy atom. The number of anilines is 1. The van der Waals surface area contributed by atoms with E-state index in [1.54, 1.807) is 6.07 Å². The first kappa shape index (κ1) is 15.9. The summed E-state index contributed by atoms with van der Waals surface area (Å²) >= 11 is 1.38. The molecule has 0 aromatic carbocycles. The van der Waals surface area contributed by atoms with Crippen LogP contribution in [0, 0.1) is 11.8 Å². The third-order valence-corrected chi connectivity index (χ3v) is 2.70. The molecule has 0 aliphatic rings. The maximum Gasteiger partial charge on any atom is 0.412 e. The molecule has 0 unspecified atom stereocenters. The summed E-state index contributed by atoms with van der Waals surface area (Å²) in [4.78, 5) is 14.2. The normalized spacial score (nSPS) is 9.95. The van der Waals surface area contributed by atoms with Crippen molar-refractivity contribution in [3.8, 4) is 11.8 Å². The van der Waals surface area contributed by atoms with Crippen molar-refractivity contribution in [3.05, 3.63) is 27.5 Å². The van der Waals surface area contributed by atoms with Crippen molar-refractivity contribution in [2.75, 3.05) is 11.9 Å². The van der Waals surface area contributed by atoms with Crippen LogP contribution in [0.4, 0.5) is 9.80 Å². The Balaban J connectivity index is 2.51. The van der Waals surface area contributed by atoms with Crippen LogP contribution in [0.15, 0.2) is 16.6 Å². The van der Waals surface area contributed by atoms with Crippen LogP contribution in [0.1, 0.15) is 32.8 Å². The van der Waals surface area contributed by atoms with E-state index in [1.165, 1.54) is 11.3 Å². The number of hydrogen-bond donors (Lipinski definition) is 1. The van der Waals surface area contributed by atoms with Crippen LogP contribution in [0.5, 0.6) is 0 Å². The number of rotatable bonds is 3. The number of amides is 1. The molecule has 0 fully saturated rings. The predicted octanol–water partition coefficient (Wildman–Crippen LogP) is 4.15. The zero-order chi connectivity index (χ0) is 15.0. The lowest BCUT2D eigenvalue weighted by Crippen LogP contribution is -2.26. The highest BCUT2D eigenvalue weighted by Gasteiger charge is 2.16. The van der Waals surface area contributed by atoms with E-state index in [-0.39, 0.29) is 0 Å². The highest BCUT2D eigenvalue weighted by molar-refractivity contribution is 7.14. The van der Waals surface area contributed by atoms with Gasteiger partial charge in [-0.25, -0.2) is 4.79 Å². The Hall–Kier alpha value is -2.16. The summed E-state index contributed by atoms with van der Waals surface area (Å²) in [7, 11) is 0. The fourth-order valence-corrected chi connectivity index (χ4v) is 1.90. The second-order valence-corrected chi connectivity index (χ2v) is 5.74. The number of carbonyl (C=O) groups excluding carboxylic acids is 1. The average Bonchev–Trinajstić information content (AvgIpc) is 2.74. The molecular formula is C13H16N4O2S. The van der Waals surface area contributed by atoms with Crippen molar-refractivity contribution >= 4 is 22.4 Å².